The molecule has 1 unspecified atom stereocenters. The number of anilines is 1. The minimum Gasteiger partial charge on any atom is -0.478 e. The van der Waals surface area contributed by atoms with Gasteiger partial charge in [-0.25, -0.2) is 14.2 Å². The number of aromatic nitrogens is 3. The predicted octanol–water partition coefficient (Wildman–Crippen LogP) is 3.30. The average Bonchev–Trinajstić information content (AvgIpc) is 3.33. The van der Waals surface area contributed by atoms with E-state index in [1.54, 1.807) is 36.4 Å². The molecule has 4 aromatic rings. The third-order valence-electron chi connectivity index (χ3n) is 7.76. The molecular weight excluding hydrogens is 553 g/mol. The van der Waals surface area contributed by atoms with Crippen LogP contribution in [0, 0.1) is 17.7 Å². The van der Waals surface area contributed by atoms with Gasteiger partial charge in [0.1, 0.15) is 30.7 Å². The lowest BCUT2D eigenvalue weighted by atomic mass is 10.1. The summed E-state index contributed by atoms with van der Waals surface area (Å²) in [5.41, 5.74) is 2.73. The number of ether oxygens (including phenoxy) is 2. The number of aliphatic hydroxyl groups excluding tert-OH is 1. The molecule has 2 saturated heterocycles. The first-order valence-corrected chi connectivity index (χ1v) is 14.3. The Morgan fingerprint density at radius 2 is 1.93 bits per heavy atom. The van der Waals surface area contributed by atoms with Gasteiger partial charge in [-0.05, 0) is 42.8 Å². The fourth-order valence-corrected chi connectivity index (χ4v) is 5.29. The van der Waals surface area contributed by atoms with Crippen LogP contribution >= 0.6 is 0 Å². The largest absolute Gasteiger partial charge is 0.478 e. The van der Waals surface area contributed by atoms with Gasteiger partial charge in [-0.15, -0.1) is 0 Å². The summed E-state index contributed by atoms with van der Waals surface area (Å²) >= 11 is 0. The topological polar surface area (TPSA) is 113 Å². The second-order valence-corrected chi connectivity index (χ2v) is 10.6. The summed E-state index contributed by atoms with van der Waals surface area (Å²) in [6.07, 6.45) is 1.10. The molecule has 2 N–H and O–H groups in total. The van der Waals surface area contributed by atoms with Gasteiger partial charge in [0, 0.05) is 50.0 Å². The molecule has 0 bridgehead atoms. The zero-order valence-electron chi connectivity index (χ0n) is 23.6. The molecule has 1 atom stereocenters. The molecular formula is C32H32FN5O5. The highest BCUT2D eigenvalue weighted by Crippen LogP contribution is 2.25. The van der Waals surface area contributed by atoms with Crippen molar-refractivity contribution in [2.75, 3.05) is 44.3 Å². The van der Waals surface area contributed by atoms with Gasteiger partial charge in [0.25, 0.3) is 0 Å². The number of halogens is 1. The third kappa shape index (κ3) is 6.62. The van der Waals surface area contributed by atoms with E-state index in [2.05, 4.69) is 31.2 Å². The number of nitrogens with zero attached hydrogens (tertiary/aromatic N) is 5. The number of carboxylic acids is 1. The van der Waals surface area contributed by atoms with E-state index in [0.29, 0.717) is 30.1 Å². The normalized spacial score (nSPS) is 16.9. The Bertz CT molecular complexity index is 1680. The Morgan fingerprint density at radius 3 is 2.65 bits per heavy atom. The van der Waals surface area contributed by atoms with E-state index in [-0.39, 0.29) is 24.9 Å². The first kappa shape index (κ1) is 28.6. The average molecular weight is 586 g/mol. The Labute approximate surface area is 248 Å². The number of hydrogen-bond acceptors (Lipinski definition) is 8. The van der Waals surface area contributed by atoms with Crippen molar-refractivity contribution in [3.63, 3.8) is 0 Å². The van der Waals surface area contributed by atoms with Crippen LogP contribution < -0.4 is 9.64 Å². The van der Waals surface area contributed by atoms with Gasteiger partial charge in [0.05, 0.1) is 35.8 Å². The second kappa shape index (κ2) is 12.8. The van der Waals surface area contributed by atoms with E-state index in [1.165, 1.54) is 6.07 Å². The van der Waals surface area contributed by atoms with E-state index >= 15 is 0 Å². The molecule has 0 spiro atoms. The Balaban J connectivity index is 1.08. The Kier molecular flexibility index (Phi) is 8.51. The molecule has 10 nitrogen and oxygen atoms in total. The van der Waals surface area contributed by atoms with Crippen LogP contribution in [-0.4, -0.2) is 81.1 Å². The molecule has 0 amide bonds. The Hall–Kier alpha value is -4.50. The van der Waals surface area contributed by atoms with Crippen molar-refractivity contribution in [3.8, 4) is 17.7 Å². The smallest absolute Gasteiger partial charge is 0.335 e. The van der Waals surface area contributed by atoms with Gasteiger partial charge in [-0.1, -0.05) is 24.0 Å². The number of piperazine rings is 1. The molecule has 2 aromatic carbocycles. The summed E-state index contributed by atoms with van der Waals surface area (Å²) in [6, 6.07) is 15.3. The molecule has 2 aromatic heterocycles. The van der Waals surface area contributed by atoms with Crippen LogP contribution in [0.1, 0.15) is 33.7 Å². The number of aromatic carboxylic acids is 1. The van der Waals surface area contributed by atoms with Crippen LogP contribution in [0.2, 0.25) is 0 Å². The summed E-state index contributed by atoms with van der Waals surface area (Å²) < 4.78 is 28.1. The van der Waals surface area contributed by atoms with Gasteiger partial charge >= 0.3 is 5.97 Å². The van der Waals surface area contributed by atoms with E-state index in [4.69, 9.17) is 19.6 Å². The zero-order valence-corrected chi connectivity index (χ0v) is 23.6. The van der Waals surface area contributed by atoms with E-state index in [9.17, 15) is 14.3 Å². The van der Waals surface area contributed by atoms with Crippen molar-refractivity contribution in [1.29, 1.82) is 0 Å². The fraction of sp³-hybridized carbons (Fsp3) is 0.344. The van der Waals surface area contributed by atoms with Crippen molar-refractivity contribution in [1.82, 2.24) is 19.4 Å². The molecule has 43 heavy (non-hydrogen) atoms. The van der Waals surface area contributed by atoms with Gasteiger partial charge in [-0.3, -0.25) is 4.90 Å². The lowest BCUT2D eigenvalue weighted by Gasteiger charge is -2.35. The molecule has 4 heterocycles. The molecule has 222 valence electrons. The Morgan fingerprint density at radius 1 is 1.09 bits per heavy atom. The van der Waals surface area contributed by atoms with Crippen LogP contribution in [0.15, 0.2) is 54.6 Å². The van der Waals surface area contributed by atoms with Crippen molar-refractivity contribution in [2.45, 2.75) is 32.2 Å². The molecule has 0 radical (unpaired) electrons. The molecule has 6 rings (SSSR count). The third-order valence-corrected chi connectivity index (χ3v) is 7.76. The number of benzene rings is 2. The van der Waals surface area contributed by atoms with E-state index in [0.717, 1.165) is 61.9 Å². The van der Waals surface area contributed by atoms with Crippen molar-refractivity contribution < 1.29 is 28.9 Å². The van der Waals surface area contributed by atoms with Gasteiger partial charge in [0.15, 0.2) is 0 Å². The maximum absolute atomic E-state index is 14.5. The van der Waals surface area contributed by atoms with Gasteiger partial charge < -0.3 is 29.2 Å². The number of fused-ring (bicyclic) bond motifs is 1. The minimum atomic E-state index is -0.957. The highest BCUT2D eigenvalue weighted by atomic mass is 19.1. The fourth-order valence-electron chi connectivity index (χ4n) is 5.29. The summed E-state index contributed by atoms with van der Waals surface area (Å²) in [5, 5.41) is 18.3. The number of aliphatic hydroxyl groups is 1. The maximum atomic E-state index is 14.5. The lowest BCUT2D eigenvalue weighted by molar-refractivity contribution is -0.0592. The van der Waals surface area contributed by atoms with Crippen LogP contribution in [0.5, 0.6) is 5.88 Å². The lowest BCUT2D eigenvalue weighted by Crippen LogP contribution is -2.46. The molecule has 2 fully saturated rings. The number of imidazole rings is 1. The number of carboxylic acid groups (broad SMARTS) is 1. The summed E-state index contributed by atoms with van der Waals surface area (Å²) in [5.74, 6) is 5.93. The summed E-state index contributed by atoms with van der Waals surface area (Å²) in [4.78, 5) is 25.6. The number of hydrogen-bond donors (Lipinski definition) is 2. The van der Waals surface area contributed by atoms with Gasteiger partial charge in [-0.2, -0.15) is 4.98 Å². The standard InChI is InChI=1S/C32H32FN5O5/c33-26-17-22(3-2-15-39)6-7-24(26)21-43-31-5-1-4-29(35-31)37-13-11-36(12-14-37)20-30-34-27-9-8-23(32(40)41)18-28(27)38(30)19-25-10-16-42-25/h1,4-9,17-18,25,39H,10-16,19-21H2,(H,40,41). The van der Waals surface area contributed by atoms with Crippen molar-refractivity contribution in [2.24, 2.45) is 0 Å². The monoisotopic (exact) mass is 585 g/mol. The number of pyridine rings is 1. The predicted molar refractivity (Wildman–Crippen MR) is 157 cm³/mol. The highest BCUT2D eigenvalue weighted by molar-refractivity contribution is 5.92. The SMILES string of the molecule is O=C(O)c1ccc2nc(CN3CCN(c4cccc(OCc5ccc(C#CCO)cc5F)n4)CC3)n(CC3CCO3)c2c1. The van der Waals surface area contributed by atoms with Crippen LogP contribution in [0.3, 0.4) is 0 Å². The van der Waals surface area contributed by atoms with Crippen LogP contribution in [0.4, 0.5) is 10.2 Å². The number of rotatable bonds is 9. The molecule has 2 aliphatic heterocycles. The van der Waals surface area contributed by atoms with Crippen molar-refractivity contribution >= 4 is 22.8 Å². The first-order chi connectivity index (χ1) is 21.0. The van der Waals surface area contributed by atoms with Crippen LogP contribution in [-0.2, 0) is 24.4 Å². The summed E-state index contributed by atoms with van der Waals surface area (Å²) in [6.45, 7) is 4.92. The van der Waals surface area contributed by atoms with Crippen LogP contribution in [0.25, 0.3) is 11.0 Å². The van der Waals surface area contributed by atoms with E-state index < -0.39 is 11.8 Å². The van der Waals surface area contributed by atoms with Crippen molar-refractivity contribution in [3.05, 3.63) is 82.9 Å². The van der Waals surface area contributed by atoms with Gasteiger partial charge in [0.2, 0.25) is 5.88 Å². The molecule has 11 heteroatoms. The minimum absolute atomic E-state index is 0.0324. The molecule has 2 aliphatic rings. The van der Waals surface area contributed by atoms with E-state index in [1.807, 2.05) is 12.1 Å². The second-order valence-electron chi connectivity index (χ2n) is 10.6. The maximum Gasteiger partial charge on any atom is 0.335 e. The first-order valence-electron chi connectivity index (χ1n) is 14.3. The molecule has 0 aliphatic carbocycles. The number of carbonyl (C=O) groups is 1. The summed E-state index contributed by atoms with van der Waals surface area (Å²) in [7, 11) is 0. The highest BCUT2D eigenvalue weighted by Gasteiger charge is 2.25. The molecule has 0 saturated carbocycles. The quantitative estimate of drug-likeness (QED) is 0.286. The zero-order chi connectivity index (χ0) is 29.8.